The molecule has 0 bridgehead atoms. The Morgan fingerprint density at radius 3 is 2.88 bits per heavy atom. The molecule has 2 heterocycles. The first kappa shape index (κ1) is 17.7. The van der Waals surface area contributed by atoms with Gasteiger partial charge in [0.05, 0.1) is 6.20 Å². The van der Waals surface area contributed by atoms with Gasteiger partial charge in [0.2, 0.25) is 11.8 Å². The van der Waals surface area contributed by atoms with Gasteiger partial charge in [0, 0.05) is 12.0 Å². The SMILES string of the molecule is CC(NC(=O)CC(C)C1CCCNC1)c1ncc(-c2ccccc2)o1. The van der Waals surface area contributed by atoms with Gasteiger partial charge in [0.25, 0.3) is 0 Å². The van der Waals surface area contributed by atoms with Crippen molar-refractivity contribution in [1.29, 1.82) is 0 Å². The number of carbonyl (C=O) groups is 1. The summed E-state index contributed by atoms with van der Waals surface area (Å²) in [6, 6.07) is 9.61. The van der Waals surface area contributed by atoms with E-state index in [1.807, 2.05) is 37.3 Å². The lowest BCUT2D eigenvalue weighted by molar-refractivity contribution is -0.123. The average molecular weight is 341 g/mol. The van der Waals surface area contributed by atoms with Crippen molar-refractivity contribution < 1.29 is 9.21 Å². The van der Waals surface area contributed by atoms with Crippen molar-refractivity contribution in [3.8, 4) is 11.3 Å². The maximum Gasteiger partial charge on any atom is 0.220 e. The summed E-state index contributed by atoms with van der Waals surface area (Å²) in [5.41, 5.74) is 0.984. The number of nitrogens with zero attached hydrogens (tertiary/aromatic N) is 1. The zero-order chi connectivity index (χ0) is 17.6. The van der Waals surface area contributed by atoms with Crippen molar-refractivity contribution in [3.05, 3.63) is 42.4 Å². The highest BCUT2D eigenvalue weighted by atomic mass is 16.4. The average Bonchev–Trinajstić information content (AvgIpc) is 3.13. The minimum Gasteiger partial charge on any atom is -0.438 e. The van der Waals surface area contributed by atoms with Crippen molar-refractivity contribution >= 4 is 5.91 Å². The standard InChI is InChI=1S/C20H27N3O2/c1-14(17-9-6-10-21-12-17)11-19(24)23-15(2)20-22-13-18(25-20)16-7-4-3-5-8-16/h3-5,7-8,13-15,17,21H,6,9-12H2,1-2H3,(H,23,24). The molecule has 0 aliphatic carbocycles. The molecule has 1 saturated heterocycles. The third-order valence-corrected chi connectivity index (χ3v) is 4.98. The maximum atomic E-state index is 12.4. The fourth-order valence-electron chi connectivity index (χ4n) is 3.41. The second-order valence-corrected chi connectivity index (χ2v) is 7.01. The molecule has 1 amide bonds. The van der Waals surface area contributed by atoms with Crippen LogP contribution >= 0.6 is 0 Å². The Kier molecular flexibility index (Phi) is 5.87. The predicted octanol–water partition coefficient (Wildman–Crippen LogP) is 3.54. The van der Waals surface area contributed by atoms with Crippen LogP contribution in [0.5, 0.6) is 0 Å². The molecule has 0 saturated carbocycles. The van der Waals surface area contributed by atoms with Gasteiger partial charge in [-0.3, -0.25) is 4.79 Å². The van der Waals surface area contributed by atoms with E-state index in [1.54, 1.807) is 6.20 Å². The summed E-state index contributed by atoms with van der Waals surface area (Å²) in [6.07, 6.45) is 4.66. The van der Waals surface area contributed by atoms with E-state index < -0.39 is 0 Å². The molecule has 2 N–H and O–H groups in total. The molecule has 1 aliphatic heterocycles. The predicted molar refractivity (Wildman–Crippen MR) is 97.9 cm³/mol. The molecule has 3 atom stereocenters. The number of nitrogens with one attached hydrogen (secondary N) is 2. The van der Waals surface area contributed by atoms with Gasteiger partial charge in [-0.05, 0) is 44.7 Å². The van der Waals surface area contributed by atoms with Gasteiger partial charge in [-0.2, -0.15) is 0 Å². The summed E-state index contributed by atoms with van der Waals surface area (Å²) in [7, 11) is 0. The topological polar surface area (TPSA) is 67.2 Å². The number of piperidine rings is 1. The Bertz CT molecular complexity index is 677. The number of benzene rings is 1. The highest BCUT2D eigenvalue weighted by molar-refractivity contribution is 5.76. The summed E-state index contributed by atoms with van der Waals surface area (Å²) in [6.45, 7) is 6.19. The lowest BCUT2D eigenvalue weighted by Crippen LogP contribution is -2.36. The van der Waals surface area contributed by atoms with Crippen LogP contribution in [0.15, 0.2) is 40.9 Å². The lowest BCUT2D eigenvalue weighted by atomic mass is 9.85. The van der Waals surface area contributed by atoms with Crippen molar-refractivity contribution in [1.82, 2.24) is 15.6 Å². The van der Waals surface area contributed by atoms with Crippen molar-refractivity contribution in [2.45, 2.75) is 39.2 Å². The largest absolute Gasteiger partial charge is 0.438 e. The van der Waals surface area contributed by atoms with Gasteiger partial charge < -0.3 is 15.1 Å². The van der Waals surface area contributed by atoms with Gasteiger partial charge in [0.1, 0.15) is 6.04 Å². The Morgan fingerprint density at radius 2 is 2.16 bits per heavy atom. The molecule has 1 aliphatic rings. The van der Waals surface area contributed by atoms with Crippen molar-refractivity contribution in [2.75, 3.05) is 13.1 Å². The third-order valence-electron chi connectivity index (χ3n) is 4.98. The van der Waals surface area contributed by atoms with Gasteiger partial charge in [-0.1, -0.05) is 37.3 Å². The molecule has 134 valence electrons. The van der Waals surface area contributed by atoms with Crippen LogP contribution in [-0.2, 0) is 4.79 Å². The molecule has 5 heteroatoms. The molecule has 5 nitrogen and oxygen atoms in total. The van der Waals surface area contributed by atoms with E-state index in [2.05, 4.69) is 22.5 Å². The number of hydrogen-bond acceptors (Lipinski definition) is 4. The molecule has 1 aromatic carbocycles. The van der Waals surface area contributed by atoms with Crippen LogP contribution in [0.25, 0.3) is 11.3 Å². The molecular weight excluding hydrogens is 314 g/mol. The van der Waals surface area contributed by atoms with Crippen LogP contribution in [0.4, 0.5) is 0 Å². The van der Waals surface area contributed by atoms with Gasteiger partial charge in [0.15, 0.2) is 5.76 Å². The first-order valence-corrected chi connectivity index (χ1v) is 9.14. The van der Waals surface area contributed by atoms with Crippen LogP contribution in [0.3, 0.4) is 0 Å². The Hall–Kier alpha value is -2.14. The number of carbonyl (C=O) groups excluding carboxylic acids is 1. The molecule has 1 fully saturated rings. The fraction of sp³-hybridized carbons (Fsp3) is 0.500. The minimum atomic E-state index is -0.235. The van der Waals surface area contributed by atoms with Crippen LogP contribution in [-0.4, -0.2) is 24.0 Å². The van der Waals surface area contributed by atoms with Crippen LogP contribution in [0.2, 0.25) is 0 Å². The number of rotatable bonds is 6. The van der Waals surface area contributed by atoms with Gasteiger partial charge in [-0.25, -0.2) is 4.98 Å². The Labute approximate surface area is 149 Å². The van der Waals surface area contributed by atoms with Gasteiger partial charge >= 0.3 is 0 Å². The van der Waals surface area contributed by atoms with Crippen LogP contribution < -0.4 is 10.6 Å². The first-order valence-electron chi connectivity index (χ1n) is 9.14. The Morgan fingerprint density at radius 1 is 1.36 bits per heavy atom. The first-order chi connectivity index (χ1) is 12.1. The molecule has 3 unspecified atom stereocenters. The summed E-state index contributed by atoms with van der Waals surface area (Å²) >= 11 is 0. The molecule has 0 radical (unpaired) electrons. The second-order valence-electron chi connectivity index (χ2n) is 7.01. The van der Waals surface area contributed by atoms with E-state index in [9.17, 15) is 4.79 Å². The molecule has 2 aromatic rings. The number of amides is 1. The molecule has 3 rings (SSSR count). The van der Waals surface area contributed by atoms with E-state index >= 15 is 0 Å². The zero-order valence-corrected chi connectivity index (χ0v) is 15.0. The summed E-state index contributed by atoms with van der Waals surface area (Å²) in [4.78, 5) is 16.7. The smallest absolute Gasteiger partial charge is 0.220 e. The highest BCUT2D eigenvalue weighted by Gasteiger charge is 2.23. The van der Waals surface area contributed by atoms with E-state index in [0.29, 0.717) is 24.1 Å². The molecule has 1 aromatic heterocycles. The minimum absolute atomic E-state index is 0.0602. The van der Waals surface area contributed by atoms with E-state index in [4.69, 9.17) is 4.42 Å². The monoisotopic (exact) mass is 341 g/mol. The zero-order valence-electron chi connectivity index (χ0n) is 15.0. The molecule has 0 spiro atoms. The van der Waals surface area contributed by atoms with E-state index in [0.717, 1.165) is 24.4 Å². The number of hydrogen-bond donors (Lipinski definition) is 2. The third kappa shape index (κ3) is 4.69. The van der Waals surface area contributed by atoms with Crippen molar-refractivity contribution in [3.63, 3.8) is 0 Å². The summed E-state index contributed by atoms with van der Waals surface area (Å²) in [5, 5.41) is 6.43. The maximum absolute atomic E-state index is 12.4. The lowest BCUT2D eigenvalue weighted by Gasteiger charge is -2.28. The summed E-state index contributed by atoms with van der Waals surface area (Å²) < 4.78 is 5.82. The Balaban J connectivity index is 1.54. The molecular formula is C20H27N3O2. The second kappa shape index (κ2) is 8.30. The van der Waals surface area contributed by atoms with Crippen LogP contribution in [0, 0.1) is 11.8 Å². The van der Waals surface area contributed by atoms with Gasteiger partial charge in [-0.15, -0.1) is 0 Å². The number of oxazole rings is 1. The summed E-state index contributed by atoms with van der Waals surface area (Å²) in [5.74, 6) is 2.29. The highest BCUT2D eigenvalue weighted by Crippen LogP contribution is 2.24. The van der Waals surface area contributed by atoms with E-state index in [1.165, 1.54) is 12.8 Å². The quantitative estimate of drug-likeness (QED) is 0.843. The molecule has 25 heavy (non-hydrogen) atoms. The normalized spacial score (nSPS) is 20.0. The van der Waals surface area contributed by atoms with E-state index in [-0.39, 0.29) is 11.9 Å². The fourth-order valence-corrected chi connectivity index (χ4v) is 3.41. The van der Waals surface area contributed by atoms with Crippen molar-refractivity contribution in [2.24, 2.45) is 11.8 Å². The number of aromatic nitrogens is 1. The van der Waals surface area contributed by atoms with Crippen LogP contribution in [0.1, 0.15) is 45.0 Å².